The van der Waals surface area contributed by atoms with Crippen LogP contribution in [0.2, 0.25) is 0 Å². The summed E-state index contributed by atoms with van der Waals surface area (Å²) in [6, 6.07) is 1.40. The molecule has 0 aromatic carbocycles. The molecule has 0 unspecified atom stereocenters. The van der Waals surface area contributed by atoms with Crippen LogP contribution in [-0.2, 0) is 0 Å². The summed E-state index contributed by atoms with van der Waals surface area (Å²) in [5.74, 6) is -0.624. The first-order valence-corrected chi connectivity index (χ1v) is 7.73. The van der Waals surface area contributed by atoms with Crippen molar-refractivity contribution in [3.8, 4) is 0 Å². The van der Waals surface area contributed by atoms with Crippen LogP contribution in [0.4, 0.5) is 5.95 Å². The average molecular weight is 281 g/mol. The Hall–Kier alpha value is -1.30. The van der Waals surface area contributed by atoms with Gasteiger partial charge in [-0.15, -0.1) is 0 Å². The average Bonchev–Trinajstić information content (AvgIpc) is 2.46. The summed E-state index contributed by atoms with van der Waals surface area (Å²) in [7, 11) is 0. The molecule has 1 aromatic rings. The quantitative estimate of drug-likeness (QED) is 0.864. The van der Waals surface area contributed by atoms with E-state index in [0.717, 1.165) is 6.54 Å². The van der Waals surface area contributed by atoms with Gasteiger partial charge in [-0.1, -0.05) is 19.3 Å². The van der Waals surface area contributed by atoms with Gasteiger partial charge in [0.1, 0.15) is 0 Å². The summed E-state index contributed by atoms with van der Waals surface area (Å²) < 4.78 is 0.237. The van der Waals surface area contributed by atoms with Crippen molar-refractivity contribution < 1.29 is 9.90 Å². The van der Waals surface area contributed by atoms with Crippen LogP contribution in [0.5, 0.6) is 0 Å². The van der Waals surface area contributed by atoms with Crippen LogP contribution in [-0.4, -0.2) is 38.6 Å². The van der Waals surface area contributed by atoms with Gasteiger partial charge in [0.25, 0.3) is 0 Å². The van der Waals surface area contributed by atoms with Gasteiger partial charge < -0.3 is 10.4 Å². The van der Waals surface area contributed by atoms with Crippen LogP contribution in [0, 0.1) is 0 Å². The molecule has 1 saturated carbocycles. The first-order valence-electron chi connectivity index (χ1n) is 6.51. The standard InChI is InChI=1S/C13H19N3O2S/c1-19-13(6-3-2-4-7-13)9-15-12-14-8-5-10(16-12)11(17)18/h5,8H,2-4,6-7,9H2,1H3,(H,17,18)(H,14,15,16). The van der Waals surface area contributed by atoms with E-state index in [1.54, 1.807) is 0 Å². The molecule has 0 spiro atoms. The zero-order valence-electron chi connectivity index (χ0n) is 11.1. The lowest BCUT2D eigenvalue weighted by molar-refractivity contribution is 0.0690. The van der Waals surface area contributed by atoms with Gasteiger partial charge in [0.05, 0.1) is 0 Å². The molecule has 0 bridgehead atoms. The molecule has 0 saturated heterocycles. The minimum Gasteiger partial charge on any atom is -0.477 e. The molecule has 1 aliphatic rings. The van der Waals surface area contributed by atoms with E-state index < -0.39 is 5.97 Å². The molecular formula is C13H19N3O2S. The van der Waals surface area contributed by atoms with Crippen molar-refractivity contribution in [2.24, 2.45) is 0 Å². The summed E-state index contributed by atoms with van der Waals surface area (Å²) in [6.07, 6.45) is 9.84. The van der Waals surface area contributed by atoms with E-state index in [4.69, 9.17) is 5.11 Å². The largest absolute Gasteiger partial charge is 0.477 e. The number of carbonyl (C=O) groups is 1. The Labute approximate surface area is 117 Å². The highest BCUT2D eigenvalue weighted by Gasteiger charge is 2.31. The number of aromatic nitrogens is 2. The number of hydrogen-bond acceptors (Lipinski definition) is 5. The van der Waals surface area contributed by atoms with E-state index in [1.165, 1.54) is 44.4 Å². The van der Waals surface area contributed by atoms with Crippen molar-refractivity contribution in [2.45, 2.75) is 36.9 Å². The molecule has 1 fully saturated rings. The molecule has 2 rings (SSSR count). The minimum atomic E-state index is -1.03. The second-order valence-electron chi connectivity index (χ2n) is 4.87. The van der Waals surface area contributed by atoms with Gasteiger partial charge in [-0.3, -0.25) is 0 Å². The fraction of sp³-hybridized carbons (Fsp3) is 0.615. The Morgan fingerprint density at radius 3 is 2.84 bits per heavy atom. The van der Waals surface area contributed by atoms with Crippen molar-refractivity contribution in [1.29, 1.82) is 0 Å². The smallest absolute Gasteiger partial charge is 0.354 e. The molecule has 104 valence electrons. The lowest BCUT2D eigenvalue weighted by Crippen LogP contribution is -2.36. The van der Waals surface area contributed by atoms with Crippen molar-refractivity contribution >= 4 is 23.7 Å². The number of nitrogens with one attached hydrogen (secondary N) is 1. The number of aromatic carboxylic acids is 1. The lowest BCUT2D eigenvalue weighted by atomic mass is 9.88. The predicted molar refractivity (Wildman–Crippen MR) is 76.8 cm³/mol. The summed E-state index contributed by atoms with van der Waals surface area (Å²) in [5, 5.41) is 12.1. The molecular weight excluding hydrogens is 262 g/mol. The van der Waals surface area contributed by atoms with Crippen LogP contribution in [0.15, 0.2) is 12.3 Å². The molecule has 0 radical (unpaired) electrons. The molecule has 0 aliphatic heterocycles. The van der Waals surface area contributed by atoms with Gasteiger partial charge >= 0.3 is 5.97 Å². The first kappa shape index (κ1) is 14.1. The van der Waals surface area contributed by atoms with Crippen LogP contribution in [0.3, 0.4) is 0 Å². The van der Waals surface area contributed by atoms with E-state index in [1.807, 2.05) is 11.8 Å². The number of nitrogens with zero attached hydrogens (tertiary/aromatic N) is 2. The van der Waals surface area contributed by atoms with Gasteiger partial charge in [-0.2, -0.15) is 11.8 Å². The fourth-order valence-electron chi connectivity index (χ4n) is 2.45. The second kappa shape index (κ2) is 6.23. The van der Waals surface area contributed by atoms with Crippen LogP contribution in [0.25, 0.3) is 0 Å². The third-order valence-corrected chi connectivity index (χ3v) is 5.06. The van der Waals surface area contributed by atoms with E-state index >= 15 is 0 Å². The molecule has 1 aromatic heterocycles. The zero-order valence-corrected chi connectivity index (χ0v) is 11.9. The van der Waals surface area contributed by atoms with E-state index in [-0.39, 0.29) is 10.4 Å². The van der Waals surface area contributed by atoms with Crippen molar-refractivity contribution in [3.63, 3.8) is 0 Å². The zero-order chi connectivity index (χ0) is 13.7. The highest BCUT2D eigenvalue weighted by atomic mass is 32.2. The maximum absolute atomic E-state index is 10.9. The van der Waals surface area contributed by atoms with Crippen molar-refractivity contribution in [2.75, 3.05) is 18.1 Å². The molecule has 1 heterocycles. The highest BCUT2D eigenvalue weighted by Crippen LogP contribution is 2.38. The monoisotopic (exact) mass is 281 g/mol. The van der Waals surface area contributed by atoms with E-state index in [2.05, 4.69) is 21.5 Å². The maximum Gasteiger partial charge on any atom is 0.354 e. The van der Waals surface area contributed by atoms with Gasteiger partial charge in [-0.05, 0) is 25.2 Å². The van der Waals surface area contributed by atoms with Gasteiger partial charge in [0.15, 0.2) is 5.69 Å². The number of thioether (sulfide) groups is 1. The Kier molecular flexibility index (Phi) is 4.63. The highest BCUT2D eigenvalue weighted by molar-refractivity contribution is 8.00. The predicted octanol–water partition coefficient (Wildman–Crippen LogP) is 2.65. The Morgan fingerprint density at radius 1 is 1.47 bits per heavy atom. The molecule has 5 nitrogen and oxygen atoms in total. The van der Waals surface area contributed by atoms with Gasteiger partial charge in [-0.25, -0.2) is 14.8 Å². The van der Waals surface area contributed by atoms with Crippen LogP contribution in [0.1, 0.15) is 42.6 Å². The second-order valence-corrected chi connectivity index (χ2v) is 6.15. The Balaban J connectivity index is 2.00. The van der Waals surface area contributed by atoms with E-state index in [9.17, 15) is 4.79 Å². The Bertz CT molecular complexity index is 447. The van der Waals surface area contributed by atoms with Crippen LogP contribution >= 0.6 is 11.8 Å². The first-order chi connectivity index (χ1) is 9.15. The number of hydrogen-bond donors (Lipinski definition) is 2. The Morgan fingerprint density at radius 2 is 2.21 bits per heavy atom. The number of anilines is 1. The van der Waals surface area contributed by atoms with Gasteiger partial charge in [0, 0.05) is 17.5 Å². The van der Waals surface area contributed by atoms with E-state index in [0.29, 0.717) is 5.95 Å². The third kappa shape index (κ3) is 3.59. The molecule has 2 N–H and O–H groups in total. The molecule has 0 amide bonds. The number of carboxylic acids is 1. The van der Waals surface area contributed by atoms with Crippen molar-refractivity contribution in [3.05, 3.63) is 18.0 Å². The SMILES string of the molecule is CSC1(CNc2nccc(C(=O)O)n2)CCCCC1. The topological polar surface area (TPSA) is 75.1 Å². The number of carboxylic acid groups (broad SMARTS) is 1. The maximum atomic E-state index is 10.9. The fourth-order valence-corrected chi connectivity index (χ4v) is 3.37. The summed E-state index contributed by atoms with van der Waals surface area (Å²) in [5.41, 5.74) is 0.0272. The van der Waals surface area contributed by atoms with Crippen molar-refractivity contribution in [1.82, 2.24) is 9.97 Å². The summed E-state index contributed by atoms with van der Waals surface area (Å²) in [4.78, 5) is 18.9. The normalized spacial score (nSPS) is 17.9. The molecule has 0 atom stereocenters. The molecule has 6 heteroatoms. The third-order valence-electron chi connectivity index (χ3n) is 3.64. The number of rotatable bonds is 5. The van der Waals surface area contributed by atoms with Gasteiger partial charge in [0.2, 0.25) is 5.95 Å². The summed E-state index contributed by atoms with van der Waals surface area (Å²) in [6.45, 7) is 0.789. The van der Waals surface area contributed by atoms with Crippen LogP contribution < -0.4 is 5.32 Å². The molecule has 1 aliphatic carbocycles. The molecule has 19 heavy (non-hydrogen) atoms. The lowest BCUT2D eigenvalue weighted by Gasteiger charge is -2.35. The summed E-state index contributed by atoms with van der Waals surface area (Å²) >= 11 is 1.89. The minimum absolute atomic E-state index is 0.0272.